The summed E-state index contributed by atoms with van der Waals surface area (Å²) in [6, 6.07) is 18.2. The SMILES string of the molecule is CCOc1cc(/C=C2\SC(=Nc3cccc(C(=O)O)c3)N(CC)C2=O)cc(Br)c1OCc1ccc(C)cc1. The highest BCUT2D eigenvalue weighted by Crippen LogP contribution is 2.40. The Kier molecular flexibility index (Phi) is 8.91. The zero-order valence-electron chi connectivity index (χ0n) is 21.2. The number of likely N-dealkylation sites (N-methyl/N-ethyl adjacent to an activating group) is 1. The van der Waals surface area contributed by atoms with Crippen molar-refractivity contribution in [1.82, 2.24) is 4.90 Å². The van der Waals surface area contributed by atoms with E-state index in [0.717, 1.165) is 11.1 Å². The first-order valence-electron chi connectivity index (χ1n) is 12.1. The van der Waals surface area contributed by atoms with Gasteiger partial charge in [0.2, 0.25) is 0 Å². The van der Waals surface area contributed by atoms with E-state index in [1.165, 1.54) is 29.5 Å². The van der Waals surface area contributed by atoms with Crippen molar-refractivity contribution < 1.29 is 24.2 Å². The van der Waals surface area contributed by atoms with E-state index in [0.29, 0.717) is 51.5 Å². The van der Waals surface area contributed by atoms with Crippen LogP contribution in [0.2, 0.25) is 0 Å². The Labute approximate surface area is 234 Å². The fourth-order valence-corrected chi connectivity index (χ4v) is 5.39. The molecule has 0 saturated carbocycles. The number of rotatable bonds is 9. The normalized spacial score (nSPS) is 15.4. The summed E-state index contributed by atoms with van der Waals surface area (Å²) in [5.41, 5.74) is 3.60. The molecule has 1 N–H and O–H groups in total. The maximum atomic E-state index is 13.2. The van der Waals surface area contributed by atoms with Gasteiger partial charge in [-0.2, -0.15) is 0 Å². The molecule has 9 heteroatoms. The number of nitrogens with zero attached hydrogens (tertiary/aromatic N) is 2. The average Bonchev–Trinajstić information content (AvgIpc) is 3.18. The van der Waals surface area contributed by atoms with E-state index in [2.05, 4.69) is 20.9 Å². The van der Waals surface area contributed by atoms with Crippen LogP contribution in [0.3, 0.4) is 0 Å². The second kappa shape index (κ2) is 12.3. The largest absolute Gasteiger partial charge is 0.490 e. The summed E-state index contributed by atoms with van der Waals surface area (Å²) in [7, 11) is 0. The first-order valence-corrected chi connectivity index (χ1v) is 13.7. The first-order chi connectivity index (χ1) is 18.3. The van der Waals surface area contributed by atoms with Gasteiger partial charge in [0.05, 0.1) is 27.2 Å². The second-order valence-electron chi connectivity index (χ2n) is 8.45. The van der Waals surface area contributed by atoms with Gasteiger partial charge in [0.1, 0.15) is 6.61 Å². The van der Waals surface area contributed by atoms with E-state index in [4.69, 9.17) is 9.47 Å². The maximum Gasteiger partial charge on any atom is 0.335 e. The van der Waals surface area contributed by atoms with Crippen LogP contribution >= 0.6 is 27.7 Å². The summed E-state index contributed by atoms with van der Waals surface area (Å²) in [6.45, 7) is 7.09. The molecule has 0 radical (unpaired) electrons. The van der Waals surface area contributed by atoms with Crippen LogP contribution in [-0.2, 0) is 11.4 Å². The zero-order chi connectivity index (χ0) is 27.2. The number of carbonyl (C=O) groups is 2. The van der Waals surface area contributed by atoms with Gasteiger partial charge in [0.25, 0.3) is 5.91 Å². The Morgan fingerprint density at radius 3 is 2.55 bits per heavy atom. The summed E-state index contributed by atoms with van der Waals surface area (Å²) in [5.74, 6) is -0.0322. The van der Waals surface area contributed by atoms with Crippen LogP contribution in [-0.4, -0.2) is 40.2 Å². The molecule has 3 aromatic rings. The number of hydrogen-bond donors (Lipinski definition) is 1. The predicted octanol–water partition coefficient (Wildman–Crippen LogP) is 7.06. The van der Waals surface area contributed by atoms with Gasteiger partial charge in [0, 0.05) is 6.54 Å². The van der Waals surface area contributed by atoms with Crippen molar-refractivity contribution >= 4 is 56.5 Å². The number of benzene rings is 3. The molecule has 0 aromatic heterocycles. The van der Waals surface area contributed by atoms with Crippen molar-refractivity contribution in [2.45, 2.75) is 27.4 Å². The van der Waals surface area contributed by atoms with Gasteiger partial charge >= 0.3 is 5.97 Å². The Balaban J connectivity index is 1.61. The van der Waals surface area contributed by atoms with Crippen LogP contribution in [0.15, 0.2) is 75.0 Å². The number of carboxylic acid groups (broad SMARTS) is 1. The Morgan fingerprint density at radius 2 is 1.87 bits per heavy atom. The average molecular weight is 596 g/mol. The van der Waals surface area contributed by atoms with E-state index in [1.807, 2.05) is 57.2 Å². The molecule has 0 aliphatic carbocycles. The minimum Gasteiger partial charge on any atom is -0.490 e. The van der Waals surface area contributed by atoms with Gasteiger partial charge in [-0.3, -0.25) is 9.69 Å². The lowest BCUT2D eigenvalue weighted by Gasteiger charge is -2.15. The first kappa shape index (κ1) is 27.5. The van der Waals surface area contributed by atoms with Crippen molar-refractivity contribution in [2.24, 2.45) is 4.99 Å². The lowest BCUT2D eigenvalue weighted by Crippen LogP contribution is -2.28. The molecule has 1 fully saturated rings. The standard InChI is InChI=1S/C29H27BrN2O5S/c1-4-32-27(33)25(38-29(32)31-22-8-6-7-21(16-22)28(34)35)15-20-13-23(30)26(24(14-20)36-5-2)37-17-19-11-9-18(3)10-12-19/h6-16H,4-5,17H2,1-3H3,(H,34,35)/b25-15-,31-29?. The van der Waals surface area contributed by atoms with E-state index in [9.17, 15) is 14.7 Å². The minimum absolute atomic E-state index is 0.137. The highest BCUT2D eigenvalue weighted by atomic mass is 79.9. The van der Waals surface area contributed by atoms with Crippen molar-refractivity contribution in [3.63, 3.8) is 0 Å². The molecular weight excluding hydrogens is 568 g/mol. The van der Waals surface area contributed by atoms with E-state index < -0.39 is 5.97 Å². The number of aromatic carboxylic acids is 1. The number of hydrogen-bond acceptors (Lipinski definition) is 6. The number of aryl methyl sites for hydroxylation is 1. The van der Waals surface area contributed by atoms with Crippen LogP contribution in [0, 0.1) is 6.92 Å². The molecule has 38 heavy (non-hydrogen) atoms. The fraction of sp³-hybridized carbons (Fsp3) is 0.207. The Morgan fingerprint density at radius 1 is 1.11 bits per heavy atom. The van der Waals surface area contributed by atoms with Crippen molar-refractivity contribution in [1.29, 1.82) is 0 Å². The van der Waals surface area contributed by atoms with Crippen molar-refractivity contribution in [3.05, 3.63) is 92.3 Å². The molecule has 1 heterocycles. The molecule has 7 nitrogen and oxygen atoms in total. The minimum atomic E-state index is -1.03. The third-order valence-corrected chi connectivity index (χ3v) is 7.25. The van der Waals surface area contributed by atoms with Gasteiger partial charge in [0.15, 0.2) is 16.7 Å². The zero-order valence-corrected chi connectivity index (χ0v) is 23.6. The highest BCUT2D eigenvalue weighted by Gasteiger charge is 2.32. The number of aliphatic imine (C=N–C) groups is 1. The molecule has 1 aliphatic rings. The van der Waals surface area contributed by atoms with Crippen LogP contribution in [0.1, 0.15) is 40.9 Å². The second-order valence-corrected chi connectivity index (χ2v) is 10.3. The van der Waals surface area contributed by atoms with Crippen LogP contribution in [0.4, 0.5) is 5.69 Å². The molecule has 4 rings (SSSR count). The van der Waals surface area contributed by atoms with Gasteiger partial charge in [-0.25, -0.2) is 9.79 Å². The van der Waals surface area contributed by atoms with E-state index >= 15 is 0 Å². The van der Waals surface area contributed by atoms with Crippen LogP contribution in [0.25, 0.3) is 6.08 Å². The number of ether oxygens (including phenoxy) is 2. The van der Waals surface area contributed by atoms with Crippen molar-refractivity contribution in [2.75, 3.05) is 13.2 Å². The number of carbonyl (C=O) groups excluding carboxylic acids is 1. The third-order valence-electron chi connectivity index (χ3n) is 5.66. The summed E-state index contributed by atoms with van der Waals surface area (Å²) in [6.07, 6.45) is 1.79. The molecule has 0 unspecified atom stereocenters. The van der Waals surface area contributed by atoms with Gasteiger partial charge in [-0.05, 0) is 96.0 Å². The van der Waals surface area contributed by atoms with Crippen LogP contribution in [0.5, 0.6) is 11.5 Å². The van der Waals surface area contributed by atoms with E-state index in [1.54, 1.807) is 23.1 Å². The number of amides is 1. The summed E-state index contributed by atoms with van der Waals surface area (Å²) >= 11 is 4.86. The van der Waals surface area contributed by atoms with Gasteiger partial charge in [-0.1, -0.05) is 35.9 Å². The van der Waals surface area contributed by atoms with Gasteiger partial charge in [-0.15, -0.1) is 0 Å². The molecule has 3 aromatic carbocycles. The smallest absolute Gasteiger partial charge is 0.335 e. The maximum absolute atomic E-state index is 13.2. The number of halogens is 1. The predicted molar refractivity (Wildman–Crippen MR) is 154 cm³/mol. The quantitative estimate of drug-likeness (QED) is 0.267. The monoisotopic (exact) mass is 594 g/mol. The van der Waals surface area contributed by atoms with Crippen LogP contribution < -0.4 is 9.47 Å². The third kappa shape index (κ3) is 6.46. The highest BCUT2D eigenvalue weighted by molar-refractivity contribution is 9.10. The number of carboxylic acids is 1. The molecule has 1 amide bonds. The van der Waals surface area contributed by atoms with Crippen molar-refractivity contribution in [3.8, 4) is 11.5 Å². The summed E-state index contributed by atoms with van der Waals surface area (Å²) < 4.78 is 12.7. The molecule has 0 bridgehead atoms. The number of thioether (sulfide) groups is 1. The Hall–Kier alpha value is -3.56. The lowest BCUT2D eigenvalue weighted by molar-refractivity contribution is -0.122. The Bertz CT molecular complexity index is 1420. The molecule has 0 atom stereocenters. The molecule has 0 spiro atoms. The summed E-state index contributed by atoms with van der Waals surface area (Å²) in [5, 5.41) is 9.76. The number of amidine groups is 1. The van der Waals surface area contributed by atoms with E-state index in [-0.39, 0.29) is 11.5 Å². The lowest BCUT2D eigenvalue weighted by atomic mass is 10.1. The topological polar surface area (TPSA) is 88.4 Å². The fourth-order valence-electron chi connectivity index (χ4n) is 3.75. The van der Waals surface area contributed by atoms with Gasteiger partial charge < -0.3 is 14.6 Å². The molecule has 196 valence electrons. The molecule has 1 saturated heterocycles. The summed E-state index contributed by atoms with van der Waals surface area (Å²) in [4.78, 5) is 31.1. The molecular formula is C29H27BrN2O5S. The molecule has 1 aliphatic heterocycles.